The number of carbonyl (C=O) groups is 1. The molecule has 0 unspecified atom stereocenters. The summed E-state index contributed by atoms with van der Waals surface area (Å²) < 4.78 is 7.06. The lowest BCUT2D eigenvalue weighted by Gasteiger charge is -2.25. The summed E-state index contributed by atoms with van der Waals surface area (Å²) in [7, 11) is 1.86. The Bertz CT molecular complexity index is 789. The Kier molecular flexibility index (Phi) is 4.29. The van der Waals surface area contributed by atoms with Crippen molar-refractivity contribution in [2.24, 2.45) is 7.05 Å². The second-order valence-electron chi connectivity index (χ2n) is 5.56. The number of hydrogen-bond donors (Lipinski definition) is 0. The van der Waals surface area contributed by atoms with Crippen LogP contribution in [0.2, 0.25) is 0 Å². The van der Waals surface area contributed by atoms with Crippen LogP contribution in [0.5, 0.6) is 0 Å². The number of hydrogen-bond acceptors (Lipinski definition) is 5. The Labute approximate surface area is 138 Å². The second kappa shape index (κ2) is 6.37. The van der Waals surface area contributed by atoms with Gasteiger partial charge < -0.3 is 9.32 Å². The number of rotatable bonds is 5. The van der Waals surface area contributed by atoms with E-state index in [2.05, 4.69) is 10.1 Å². The number of furan rings is 1. The molecule has 0 fully saturated rings. The van der Waals surface area contributed by atoms with Crippen molar-refractivity contribution in [3.05, 3.63) is 47.4 Å². The molecular formula is C16H18N4O2S. The normalized spacial score (nSPS) is 11.1. The van der Waals surface area contributed by atoms with E-state index in [0.717, 1.165) is 5.56 Å². The highest BCUT2D eigenvalue weighted by Gasteiger charge is 2.22. The van der Waals surface area contributed by atoms with Crippen LogP contribution >= 0.6 is 11.3 Å². The van der Waals surface area contributed by atoms with Gasteiger partial charge in [-0.1, -0.05) is 0 Å². The molecule has 0 N–H and O–H groups in total. The summed E-state index contributed by atoms with van der Waals surface area (Å²) in [4.78, 5) is 19.0. The van der Waals surface area contributed by atoms with E-state index in [9.17, 15) is 4.79 Å². The van der Waals surface area contributed by atoms with Crippen molar-refractivity contribution in [1.29, 1.82) is 0 Å². The monoisotopic (exact) mass is 330 g/mol. The topological polar surface area (TPSA) is 64.2 Å². The van der Waals surface area contributed by atoms with Crippen LogP contribution in [0.3, 0.4) is 0 Å². The number of nitrogens with zero attached hydrogens (tertiary/aromatic N) is 4. The molecule has 120 valence electrons. The first-order chi connectivity index (χ1) is 11.0. The molecule has 3 rings (SSSR count). The van der Waals surface area contributed by atoms with Gasteiger partial charge in [-0.25, -0.2) is 4.98 Å². The molecule has 0 aliphatic heterocycles. The van der Waals surface area contributed by atoms with Crippen molar-refractivity contribution in [3.8, 4) is 10.8 Å². The van der Waals surface area contributed by atoms with Crippen LogP contribution in [0.1, 0.15) is 29.9 Å². The van der Waals surface area contributed by atoms with E-state index < -0.39 is 0 Å². The van der Waals surface area contributed by atoms with Gasteiger partial charge in [-0.05, 0) is 26.0 Å². The second-order valence-corrected chi connectivity index (χ2v) is 6.42. The van der Waals surface area contributed by atoms with Crippen LogP contribution in [0.15, 0.2) is 40.6 Å². The molecule has 0 radical (unpaired) electrons. The molecule has 0 aliphatic carbocycles. The Balaban J connectivity index is 1.81. The number of aromatic nitrogens is 3. The highest BCUT2D eigenvalue weighted by molar-refractivity contribution is 7.13. The first kappa shape index (κ1) is 15.5. The maximum atomic E-state index is 12.8. The summed E-state index contributed by atoms with van der Waals surface area (Å²) in [5, 5.41) is 6.64. The van der Waals surface area contributed by atoms with Gasteiger partial charge in [-0.15, -0.1) is 11.3 Å². The average Bonchev–Trinajstić information content (AvgIpc) is 3.24. The van der Waals surface area contributed by atoms with Crippen molar-refractivity contribution < 1.29 is 9.21 Å². The molecular weight excluding hydrogens is 312 g/mol. The molecule has 0 aromatic carbocycles. The van der Waals surface area contributed by atoms with Crippen molar-refractivity contribution in [2.45, 2.75) is 26.4 Å². The predicted octanol–water partition coefficient (Wildman–Crippen LogP) is 3.19. The van der Waals surface area contributed by atoms with E-state index in [0.29, 0.717) is 23.0 Å². The zero-order valence-electron chi connectivity index (χ0n) is 13.3. The minimum atomic E-state index is -0.0853. The Morgan fingerprint density at radius 2 is 2.30 bits per heavy atom. The van der Waals surface area contributed by atoms with Gasteiger partial charge in [0, 0.05) is 36.8 Å². The van der Waals surface area contributed by atoms with Crippen LogP contribution in [-0.2, 0) is 13.6 Å². The maximum Gasteiger partial charge on any atom is 0.273 e. The van der Waals surface area contributed by atoms with E-state index >= 15 is 0 Å². The fourth-order valence-corrected chi connectivity index (χ4v) is 3.03. The number of aryl methyl sites for hydroxylation is 1. The molecule has 23 heavy (non-hydrogen) atoms. The Morgan fingerprint density at radius 1 is 1.48 bits per heavy atom. The fraction of sp³-hybridized carbons (Fsp3) is 0.312. The highest BCUT2D eigenvalue weighted by atomic mass is 32.1. The van der Waals surface area contributed by atoms with E-state index in [4.69, 9.17) is 4.42 Å². The quantitative estimate of drug-likeness (QED) is 0.721. The molecule has 3 heterocycles. The maximum absolute atomic E-state index is 12.8. The lowest BCUT2D eigenvalue weighted by atomic mass is 10.2. The Hall–Kier alpha value is -2.41. The lowest BCUT2D eigenvalue weighted by Crippen LogP contribution is -2.36. The van der Waals surface area contributed by atoms with Gasteiger partial charge >= 0.3 is 0 Å². The molecule has 0 saturated heterocycles. The third-order valence-corrected chi connectivity index (χ3v) is 4.31. The summed E-state index contributed by atoms with van der Waals surface area (Å²) in [6.45, 7) is 4.50. The number of amides is 1. The highest BCUT2D eigenvalue weighted by Crippen LogP contribution is 2.25. The zero-order valence-corrected chi connectivity index (χ0v) is 14.1. The van der Waals surface area contributed by atoms with Crippen molar-refractivity contribution >= 4 is 17.2 Å². The van der Waals surface area contributed by atoms with Crippen LogP contribution in [-0.4, -0.2) is 31.6 Å². The smallest absolute Gasteiger partial charge is 0.273 e. The summed E-state index contributed by atoms with van der Waals surface area (Å²) in [6, 6.07) is 3.71. The first-order valence-electron chi connectivity index (χ1n) is 7.32. The molecule has 3 aromatic rings. The molecule has 0 aliphatic rings. The summed E-state index contributed by atoms with van der Waals surface area (Å²) >= 11 is 1.41. The first-order valence-corrected chi connectivity index (χ1v) is 8.20. The van der Waals surface area contributed by atoms with Crippen LogP contribution < -0.4 is 0 Å². The fourth-order valence-electron chi connectivity index (χ4n) is 2.27. The molecule has 0 atom stereocenters. The van der Waals surface area contributed by atoms with Crippen LogP contribution in [0.4, 0.5) is 0 Å². The van der Waals surface area contributed by atoms with Crippen molar-refractivity contribution in [3.63, 3.8) is 0 Å². The number of carbonyl (C=O) groups excluding carboxylic acids is 1. The van der Waals surface area contributed by atoms with E-state index in [1.165, 1.54) is 11.3 Å². The molecule has 7 heteroatoms. The zero-order chi connectivity index (χ0) is 16.4. The minimum absolute atomic E-state index is 0.0662. The van der Waals surface area contributed by atoms with E-state index in [-0.39, 0.29) is 11.9 Å². The summed E-state index contributed by atoms with van der Waals surface area (Å²) in [6.07, 6.45) is 5.29. The van der Waals surface area contributed by atoms with E-state index in [1.54, 1.807) is 33.5 Å². The largest absolute Gasteiger partial charge is 0.462 e. The number of thiazole rings is 1. The molecule has 1 amide bonds. The summed E-state index contributed by atoms with van der Waals surface area (Å²) in [5.41, 5.74) is 1.44. The van der Waals surface area contributed by atoms with Gasteiger partial charge in [0.05, 0.1) is 12.5 Å². The van der Waals surface area contributed by atoms with Gasteiger partial charge in [-0.3, -0.25) is 9.48 Å². The molecule has 0 bridgehead atoms. The van der Waals surface area contributed by atoms with Crippen molar-refractivity contribution in [1.82, 2.24) is 19.7 Å². The van der Waals surface area contributed by atoms with Gasteiger partial charge in [0.1, 0.15) is 5.69 Å². The minimum Gasteiger partial charge on any atom is -0.462 e. The van der Waals surface area contributed by atoms with Gasteiger partial charge in [0.15, 0.2) is 10.8 Å². The predicted molar refractivity (Wildman–Crippen MR) is 88.0 cm³/mol. The SMILES string of the molecule is CC(C)N(Cc1cnn(C)c1)C(=O)c1csc(-c2ccco2)n1. The standard InChI is InChI=1S/C16H18N4O2S/c1-11(2)20(9-12-7-17-19(3)8-12)16(21)13-10-23-15(18-13)14-5-4-6-22-14/h4-8,10-11H,9H2,1-3H3. The lowest BCUT2D eigenvalue weighted by molar-refractivity contribution is 0.0685. The third kappa shape index (κ3) is 3.34. The Morgan fingerprint density at radius 3 is 2.91 bits per heavy atom. The molecule has 6 nitrogen and oxygen atoms in total. The molecule has 0 saturated carbocycles. The van der Waals surface area contributed by atoms with Gasteiger partial charge in [0.25, 0.3) is 5.91 Å². The van der Waals surface area contributed by atoms with Crippen LogP contribution in [0, 0.1) is 0 Å². The summed E-state index contributed by atoms with van der Waals surface area (Å²) in [5.74, 6) is 0.593. The average molecular weight is 330 g/mol. The van der Waals surface area contributed by atoms with Gasteiger partial charge in [-0.2, -0.15) is 5.10 Å². The van der Waals surface area contributed by atoms with Gasteiger partial charge in [0.2, 0.25) is 0 Å². The molecule has 0 spiro atoms. The van der Waals surface area contributed by atoms with Crippen molar-refractivity contribution in [2.75, 3.05) is 0 Å². The van der Waals surface area contributed by atoms with E-state index in [1.807, 2.05) is 33.2 Å². The van der Waals surface area contributed by atoms with Crippen LogP contribution in [0.25, 0.3) is 10.8 Å². The molecule has 3 aromatic heterocycles. The third-order valence-electron chi connectivity index (χ3n) is 3.45.